The third kappa shape index (κ3) is 10.6. The zero-order valence-electron chi connectivity index (χ0n) is 33.5. The molecule has 9 nitrogen and oxygen atoms in total. The number of amides is 1. The number of esters is 1. The number of H-pyrrole nitrogens is 1. The van der Waals surface area contributed by atoms with E-state index in [0.29, 0.717) is 69.7 Å². The summed E-state index contributed by atoms with van der Waals surface area (Å²) in [5, 5.41) is 8.03. The van der Waals surface area contributed by atoms with Gasteiger partial charge in [0.05, 0.1) is 28.7 Å². The SMILES string of the molecule is CC(C)(Cc1ccccc1)C(=O)OCCC(=Cc1ccc(OCCN2CCN(C(=O)c3cc(Cc4n[nH]c(=O)c5ccccc45)ccc3F)CC2)cc1)c1ccccc1. The van der Waals surface area contributed by atoms with Crippen molar-refractivity contribution in [3.63, 3.8) is 0 Å². The second kappa shape index (κ2) is 18.9. The molecule has 2 heterocycles. The number of nitrogens with zero attached hydrogens (tertiary/aromatic N) is 3. The number of aromatic nitrogens is 2. The number of rotatable bonds is 15. The van der Waals surface area contributed by atoms with Gasteiger partial charge in [-0.05, 0) is 78.4 Å². The number of nitrogens with one attached hydrogen (secondary N) is 1. The summed E-state index contributed by atoms with van der Waals surface area (Å²) in [5.41, 5.74) is 4.75. The summed E-state index contributed by atoms with van der Waals surface area (Å²) >= 11 is 0. The first-order valence-electron chi connectivity index (χ1n) is 20.1. The second-order valence-electron chi connectivity index (χ2n) is 15.6. The monoisotopic (exact) mass is 792 g/mol. The normalized spacial score (nSPS) is 13.7. The molecule has 5 aromatic carbocycles. The number of hydrogen-bond acceptors (Lipinski definition) is 7. The number of carbonyl (C=O) groups excluding carboxylic acids is 2. The fourth-order valence-electron chi connectivity index (χ4n) is 7.42. The fraction of sp³-hybridized carbons (Fsp3) is 0.265. The molecule has 0 spiro atoms. The van der Waals surface area contributed by atoms with Crippen LogP contribution in [0, 0.1) is 11.2 Å². The fourth-order valence-corrected chi connectivity index (χ4v) is 7.42. The predicted molar refractivity (Wildman–Crippen MR) is 230 cm³/mol. The number of carbonyl (C=O) groups is 2. The highest BCUT2D eigenvalue weighted by Gasteiger charge is 2.30. The summed E-state index contributed by atoms with van der Waals surface area (Å²) in [7, 11) is 0. The van der Waals surface area contributed by atoms with Crippen LogP contribution in [0.3, 0.4) is 0 Å². The molecule has 0 unspecified atom stereocenters. The molecule has 1 saturated heterocycles. The van der Waals surface area contributed by atoms with Gasteiger partial charge >= 0.3 is 5.97 Å². The van der Waals surface area contributed by atoms with Gasteiger partial charge in [0.1, 0.15) is 18.2 Å². The van der Waals surface area contributed by atoms with Crippen LogP contribution in [0.1, 0.15) is 58.6 Å². The van der Waals surface area contributed by atoms with E-state index in [1.807, 2.05) is 98.8 Å². The molecule has 1 aromatic heterocycles. The number of fused-ring (bicyclic) bond motifs is 1. The number of aromatic amines is 1. The second-order valence-corrected chi connectivity index (χ2v) is 15.6. The molecule has 10 heteroatoms. The maximum atomic E-state index is 15.0. The average Bonchev–Trinajstić information content (AvgIpc) is 3.26. The van der Waals surface area contributed by atoms with E-state index in [0.717, 1.165) is 39.0 Å². The lowest BCUT2D eigenvalue weighted by Gasteiger charge is -2.34. The van der Waals surface area contributed by atoms with E-state index in [1.54, 1.807) is 29.2 Å². The van der Waals surface area contributed by atoms with Gasteiger partial charge in [0.15, 0.2) is 0 Å². The highest BCUT2D eigenvalue weighted by molar-refractivity contribution is 5.95. The Labute approximate surface area is 344 Å². The zero-order valence-corrected chi connectivity index (χ0v) is 33.5. The number of hydrogen-bond donors (Lipinski definition) is 1. The van der Waals surface area contributed by atoms with E-state index >= 15 is 4.39 Å². The van der Waals surface area contributed by atoms with Gasteiger partial charge in [-0.1, -0.05) is 103 Å². The van der Waals surface area contributed by atoms with Crippen LogP contribution >= 0.6 is 0 Å². The molecular formula is C49H49FN4O5. The van der Waals surface area contributed by atoms with Crippen LogP contribution in [0.5, 0.6) is 5.75 Å². The molecule has 0 radical (unpaired) electrons. The number of piperazine rings is 1. The van der Waals surface area contributed by atoms with Crippen LogP contribution in [0.15, 0.2) is 132 Å². The Balaban J connectivity index is 0.885. The first kappa shape index (κ1) is 40.8. The summed E-state index contributed by atoms with van der Waals surface area (Å²) in [6.07, 6.45) is 3.64. The molecule has 1 amide bonds. The maximum Gasteiger partial charge on any atom is 0.311 e. The maximum absolute atomic E-state index is 15.0. The molecule has 302 valence electrons. The first-order valence-corrected chi connectivity index (χ1v) is 20.1. The van der Waals surface area contributed by atoms with Crippen molar-refractivity contribution in [3.05, 3.63) is 177 Å². The van der Waals surface area contributed by atoms with Crippen molar-refractivity contribution in [1.29, 1.82) is 0 Å². The topological polar surface area (TPSA) is 105 Å². The smallest absolute Gasteiger partial charge is 0.311 e. The van der Waals surface area contributed by atoms with Crippen LogP contribution in [0.4, 0.5) is 4.39 Å². The highest BCUT2D eigenvalue weighted by Crippen LogP contribution is 2.27. The third-order valence-electron chi connectivity index (χ3n) is 10.8. The van der Waals surface area contributed by atoms with Gasteiger partial charge in [0.25, 0.3) is 11.5 Å². The van der Waals surface area contributed by atoms with Gasteiger partial charge in [-0.25, -0.2) is 9.49 Å². The van der Waals surface area contributed by atoms with Gasteiger partial charge in [0.2, 0.25) is 0 Å². The summed E-state index contributed by atoms with van der Waals surface area (Å²) in [5.74, 6) is -0.359. The van der Waals surface area contributed by atoms with E-state index in [4.69, 9.17) is 9.47 Å². The molecule has 6 aromatic rings. The number of ether oxygens (including phenoxy) is 2. The van der Waals surface area contributed by atoms with Crippen molar-refractivity contribution in [1.82, 2.24) is 20.0 Å². The Morgan fingerprint density at radius 3 is 2.20 bits per heavy atom. The van der Waals surface area contributed by atoms with Gasteiger partial charge in [-0.3, -0.25) is 19.3 Å². The summed E-state index contributed by atoms with van der Waals surface area (Å²) in [6, 6.07) is 39.8. The van der Waals surface area contributed by atoms with Crippen LogP contribution < -0.4 is 10.3 Å². The van der Waals surface area contributed by atoms with Crippen molar-refractivity contribution in [2.24, 2.45) is 5.41 Å². The van der Waals surface area contributed by atoms with Crippen molar-refractivity contribution in [2.75, 3.05) is 45.9 Å². The molecule has 7 rings (SSSR count). The predicted octanol–water partition coefficient (Wildman–Crippen LogP) is 8.23. The quantitative estimate of drug-likeness (QED) is 0.0826. The Kier molecular flexibility index (Phi) is 13.1. The lowest BCUT2D eigenvalue weighted by Crippen LogP contribution is -2.49. The van der Waals surface area contributed by atoms with Crippen LogP contribution in [0.25, 0.3) is 22.4 Å². The van der Waals surface area contributed by atoms with Crippen LogP contribution in [0.2, 0.25) is 0 Å². The van der Waals surface area contributed by atoms with E-state index in [9.17, 15) is 14.4 Å². The van der Waals surface area contributed by atoms with Gasteiger partial charge in [-0.2, -0.15) is 5.10 Å². The Hall–Kier alpha value is -6.39. The molecule has 59 heavy (non-hydrogen) atoms. The molecule has 0 saturated carbocycles. The van der Waals surface area contributed by atoms with Gasteiger partial charge in [0, 0.05) is 51.0 Å². The molecule has 1 fully saturated rings. The van der Waals surface area contributed by atoms with E-state index in [-0.39, 0.29) is 29.6 Å². The Bertz CT molecular complexity index is 2460. The summed E-state index contributed by atoms with van der Waals surface area (Å²) < 4.78 is 26.9. The number of benzene rings is 5. The average molecular weight is 793 g/mol. The van der Waals surface area contributed by atoms with Crippen molar-refractivity contribution in [3.8, 4) is 5.75 Å². The van der Waals surface area contributed by atoms with Gasteiger partial charge < -0.3 is 14.4 Å². The number of halogens is 1. The molecule has 0 aliphatic carbocycles. The van der Waals surface area contributed by atoms with Crippen LogP contribution in [-0.2, 0) is 22.4 Å². The summed E-state index contributed by atoms with van der Waals surface area (Å²) in [4.78, 5) is 42.7. The highest BCUT2D eigenvalue weighted by atomic mass is 19.1. The van der Waals surface area contributed by atoms with Crippen molar-refractivity contribution < 1.29 is 23.5 Å². The standard InChI is InChI=1S/C49H49FN4O5/c1-49(2,34-36-11-5-3-6-12-36)48(57)59-29-23-39(38-13-7-4-8-14-38)31-35-17-20-40(21-18-35)58-30-28-53-24-26-54(27-25-53)47(56)43-32-37(19-22-44(43)50)33-45-41-15-9-10-16-42(41)46(55)52-51-45/h3-22,31-32H,23-30,33-34H2,1-2H3,(H,52,55). The van der Waals surface area contributed by atoms with Gasteiger partial charge in [-0.15, -0.1) is 0 Å². The minimum absolute atomic E-state index is 0.0317. The Morgan fingerprint density at radius 1 is 0.797 bits per heavy atom. The van der Waals surface area contributed by atoms with Crippen LogP contribution in [-0.4, -0.2) is 77.8 Å². The minimum atomic E-state index is -0.639. The molecule has 0 bridgehead atoms. The molecule has 0 atom stereocenters. The molecule has 1 aliphatic heterocycles. The minimum Gasteiger partial charge on any atom is -0.492 e. The lowest BCUT2D eigenvalue weighted by atomic mass is 9.86. The molecule has 1 aliphatic rings. The summed E-state index contributed by atoms with van der Waals surface area (Å²) in [6.45, 7) is 7.54. The van der Waals surface area contributed by atoms with Crippen molar-refractivity contribution >= 4 is 34.3 Å². The molecule has 1 N–H and O–H groups in total. The lowest BCUT2D eigenvalue weighted by molar-refractivity contribution is -0.153. The van der Waals surface area contributed by atoms with E-state index in [1.165, 1.54) is 6.07 Å². The van der Waals surface area contributed by atoms with E-state index in [2.05, 4.69) is 33.3 Å². The van der Waals surface area contributed by atoms with E-state index < -0.39 is 11.2 Å². The Morgan fingerprint density at radius 2 is 1.47 bits per heavy atom. The zero-order chi connectivity index (χ0) is 41.2. The molecular weight excluding hydrogens is 744 g/mol. The first-order chi connectivity index (χ1) is 28.6. The van der Waals surface area contributed by atoms with Crippen molar-refractivity contribution in [2.45, 2.75) is 33.1 Å². The largest absolute Gasteiger partial charge is 0.492 e. The third-order valence-corrected chi connectivity index (χ3v) is 10.8.